The van der Waals surface area contributed by atoms with Crippen molar-refractivity contribution < 1.29 is 14.8 Å². The van der Waals surface area contributed by atoms with Gasteiger partial charge in [0.15, 0.2) is 0 Å². The van der Waals surface area contributed by atoms with Crippen LogP contribution in [-0.4, -0.2) is 21.9 Å². The van der Waals surface area contributed by atoms with Crippen LogP contribution in [0.15, 0.2) is 11.3 Å². The summed E-state index contributed by atoms with van der Waals surface area (Å²) in [7, 11) is 0. The fourth-order valence-corrected chi connectivity index (χ4v) is 6.87. The highest BCUT2D eigenvalue weighted by molar-refractivity contribution is 5.95. The quantitative estimate of drug-likeness (QED) is 0.588. The van der Waals surface area contributed by atoms with Gasteiger partial charge in [-0.1, -0.05) is 13.8 Å². The number of hydrogen-bond acceptors (Lipinski definition) is 4. The molecule has 3 fully saturated rings. The Kier molecular flexibility index (Phi) is 3.48. The van der Waals surface area contributed by atoms with E-state index in [2.05, 4.69) is 13.8 Å². The SMILES string of the molecule is CC12CCC(=O)C([N+](=O)[O-])=C1CCC1C2CCC2(C)C(O)CCC12. The van der Waals surface area contributed by atoms with Gasteiger partial charge in [0, 0.05) is 12.0 Å². The lowest BCUT2D eigenvalue weighted by atomic mass is 9.47. The molecule has 0 aromatic heterocycles. The molecule has 0 saturated heterocycles. The minimum Gasteiger partial charge on any atom is -0.393 e. The van der Waals surface area contributed by atoms with Crippen LogP contribution in [-0.2, 0) is 4.79 Å². The molecule has 0 spiro atoms. The molecule has 4 aliphatic rings. The van der Waals surface area contributed by atoms with Crippen molar-refractivity contribution in [2.24, 2.45) is 28.6 Å². The zero-order valence-corrected chi connectivity index (χ0v) is 14.6. The van der Waals surface area contributed by atoms with E-state index in [4.69, 9.17) is 0 Å². The Labute approximate surface area is 142 Å². The van der Waals surface area contributed by atoms with Crippen LogP contribution < -0.4 is 0 Å². The molecule has 0 aromatic rings. The van der Waals surface area contributed by atoms with Crippen molar-refractivity contribution in [3.63, 3.8) is 0 Å². The lowest BCUT2D eigenvalue weighted by molar-refractivity contribution is -0.422. The van der Waals surface area contributed by atoms with Crippen molar-refractivity contribution in [2.45, 2.75) is 71.3 Å². The van der Waals surface area contributed by atoms with Gasteiger partial charge in [-0.25, -0.2) is 0 Å². The lowest BCUT2D eigenvalue weighted by Crippen LogP contribution is -2.52. The number of nitro groups is 1. The molecule has 5 nitrogen and oxygen atoms in total. The third kappa shape index (κ3) is 1.94. The highest BCUT2D eigenvalue weighted by Crippen LogP contribution is 2.65. The molecule has 1 N–H and O–H groups in total. The maximum atomic E-state index is 12.1. The molecule has 6 unspecified atom stereocenters. The van der Waals surface area contributed by atoms with Gasteiger partial charge in [-0.2, -0.15) is 0 Å². The Morgan fingerprint density at radius 2 is 1.83 bits per heavy atom. The first kappa shape index (κ1) is 16.2. The van der Waals surface area contributed by atoms with Gasteiger partial charge in [0.25, 0.3) is 0 Å². The van der Waals surface area contributed by atoms with E-state index in [1.807, 2.05) is 0 Å². The van der Waals surface area contributed by atoms with E-state index in [-0.39, 0.29) is 28.4 Å². The first-order chi connectivity index (χ1) is 11.3. The second kappa shape index (κ2) is 5.13. The van der Waals surface area contributed by atoms with Gasteiger partial charge < -0.3 is 5.11 Å². The van der Waals surface area contributed by atoms with Gasteiger partial charge in [0.2, 0.25) is 5.78 Å². The molecule has 0 bridgehead atoms. The molecular formula is C19H27NO4. The van der Waals surface area contributed by atoms with E-state index in [1.54, 1.807) is 0 Å². The fraction of sp³-hybridized carbons (Fsp3) is 0.842. The molecule has 5 heteroatoms. The molecule has 4 aliphatic carbocycles. The van der Waals surface area contributed by atoms with Crippen LogP contribution in [0.25, 0.3) is 0 Å². The number of rotatable bonds is 1. The molecule has 0 radical (unpaired) electrons. The summed E-state index contributed by atoms with van der Waals surface area (Å²) >= 11 is 0. The van der Waals surface area contributed by atoms with E-state index in [9.17, 15) is 20.0 Å². The summed E-state index contributed by atoms with van der Waals surface area (Å²) in [5.74, 6) is 1.22. The van der Waals surface area contributed by atoms with E-state index in [1.165, 1.54) is 0 Å². The highest BCUT2D eigenvalue weighted by atomic mass is 16.6. The number of carbonyl (C=O) groups excluding carboxylic acids is 1. The van der Waals surface area contributed by atoms with Gasteiger partial charge in [-0.15, -0.1) is 0 Å². The number of fused-ring (bicyclic) bond motifs is 5. The van der Waals surface area contributed by atoms with Crippen LogP contribution in [0.5, 0.6) is 0 Å². The van der Waals surface area contributed by atoms with Crippen molar-refractivity contribution in [2.75, 3.05) is 0 Å². The molecule has 0 aliphatic heterocycles. The van der Waals surface area contributed by atoms with Crippen LogP contribution in [0.2, 0.25) is 0 Å². The number of hydrogen-bond donors (Lipinski definition) is 1. The number of nitrogens with zero attached hydrogens (tertiary/aromatic N) is 1. The van der Waals surface area contributed by atoms with E-state index < -0.39 is 4.92 Å². The average molecular weight is 333 g/mol. The summed E-state index contributed by atoms with van der Waals surface area (Å²) in [6.45, 7) is 4.41. The van der Waals surface area contributed by atoms with Crippen molar-refractivity contribution in [1.82, 2.24) is 0 Å². The molecule has 3 saturated carbocycles. The standard InChI is InChI=1S/C19H27NO4/c1-18-10-8-15(21)17(20(23)24)14(18)4-3-11-12-5-6-16(22)19(12,2)9-7-13(11)18/h11-13,16,22H,3-10H2,1-2H3. The van der Waals surface area contributed by atoms with E-state index in [0.29, 0.717) is 30.6 Å². The third-order valence-electron chi connectivity index (χ3n) is 8.23. The summed E-state index contributed by atoms with van der Waals surface area (Å²) in [5, 5.41) is 22.0. The molecule has 0 aromatic carbocycles. The van der Waals surface area contributed by atoms with Crippen molar-refractivity contribution >= 4 is 5.78 Å². The van der Waals surface area contributed by atoms with Gasteiger partial charge in [-0.3, -0.25) is 14.9 Å². The summed E-state index contributed by atoms with van der Waals surface area (Å²) in [5.41, 5.74) is 0.553. The van der Waals surface area contributed by atoms with Crippen LogP contribution in [0.4, 0.5) is 0 Å². The Bertz CT molecular complexity index is 641. The number of allylic oxidation sites excluding steroid dienone is 1. The van der Waals surface area contributed by atoms with Crippen LogP contribution in [0.1, 0.15) is 65.2 Å². The van der Waals surface area contributed by atoms with Crippen molar-refractivity contribution in [1.29, 1.82) is 0 Å². The smallest absolute Gasteiger partial charge is 0.311 e. The Morgan fingerprint density at radius 3 is 2.54 bits per heavy atom. The first-order valence-electron chi connectivity index (χ1n) is 9.38. The monoisotopic (exact) mass is 333 g/mol. The van der Waals surface area contributed by atoms with Crippen molar-refractivity contribution in [3.05, 3.63) is 21.4 Å². The summed E-state index contributed by atoms with van der Waals surface area (Å²) in [6, 6.07) is 0. The zero-order chi connectivity index (χ0) is 17.3. The van der Waals surface area contributed by atoms with Crippen LogP contribution >= 0.6 is 0 Å². The Balaban J connectivity index is 1.75. The third-order valence-corrected chi connectivity index (χ3v) is 8.23. The number of aliphatic hydroxyl groups excluding tert-OH is 1. The molecule has 24 heavy (non-hydrogen) atoms. The first-order valence-corrected chi connectivity index (χ1v) is 9.38. The number of Topliss-reactive ketones (excluding diaryl/α,β-unsaturated/α-hetero) is 1. The number of carbonyl (C=O) groups is 1. The molecule has 132 valence electrons. The summed E-state index contributed by atoms with van der Waals surface area (Å²) in [6.07, 6.45) is 6.48. The van der Waals surface area contributed by atoms with Gasteiger partial charge >= 0.3 is 5.70 Å². The second-order valence-electron chi connectivity index (χ2n) is 8.98. The van der Waals surface area contributed by atoms with E-state index >= 15 is 0 Å². The molecule has 4 rings (SSSR count). The molecule has 0 amide bonds. The predicted molar refractivity (Wildman–Crippen MR) is 88.7 cm³/mol. The fourth-order valence-electron chi connectivity index (χ4n) is 6.87. The van der Waals surface area contributed by atoms with Gasteiger partial charge in [-0.05, 0) is 73.5 Å². The maximum Gasteiger partial charge on any atom is 0.311 e. The molecular weight excluding hydrogens is 306 g/mol. The highest BCUT2D eigenvalue weighted by Gasteiger charge is 2.60. The summed E-state index contributed by atoms with van der Waals surface area (Å²) < 4.78 is 0. The largest absolute Gasteiger partial charge is 0.393 e. The van der Waals surface area contributed by atoms with Crippen LogP contribution in [0.3, 0.4) is 0 Å². The lowest BCUT2D eigenvalue weighted by Gasteiger charge is -2.57. The molecule has 0 heterocycles. The van der Waals surface area contributed by atoms with Gasteiger partial charge in [0.1, 0.15) is 0 Å². The topological polar surface area (TPSA) is 80.4 Å². The zero-order valence-electron chi connectivity index (χ0n) is 14.6. The number of ketones is 1. The minimum atomic E-state index is -0.429. The van der Waals surface area contributed by atoms with Crippen LogP contribution in [0, 0.1) is 38.7 Å². The Hall–Kier alpha value is -1.23. The maximum absolute atomic E-state index is 12.1. The Morgan fingerprint density at radius 1 is 1.08 bits per heavy atom. The van der Waals surface area contributed by atoms with Crippen molar-refractivity contribution in [3.8, 4) is 0 Å². The normalized spacial score (nSPS) is 47.9. The average Bonchev–Trinajstić information content (AvgIpc) is 2.83. The van der Waals surface area contributed by atoms with E-state index in [0.717, 1.165) is 44.1 Å². The van der Waals surface area contributed by atoms with Gasteiger partial charge in [0.05, 0.1) is 11.0 Å². The predicted octanol–water partition coefficient (Wildman–Crippen LogP) is 3.48. The number of aliphatic hydroxyl groups is 1. The summed E-state index contributed by atoms with van der Waals surface area (Å²) in [4.78, 5) is 23.2. The minimum absolute atomic E-state index is 0.0230. The second-order valence-corrected chi connectivity index (χ2v) is 8.98. The molecule has 6 atom stereocenters.